The van der Waals surface area contributed by atoms with Gasteiger partial charge in [0.05, 0.1) is 0 Å². The predicted octanol–water partition coefficient (Wildman–Crippen LogP) is 5.35. The Hall–Kier alpha value is -0.0400. The molecule has 0 unspecified atom stereocenters. The summed E-state index contributed by atoms with van der Waals surface area (Å²) in [5.41, 5.74) is 0.536. The van der Waals surface area contributed by atoms with Gasteiger partial charge in [0.15, 0.2) is 0 Å². The van der Waals surface area contributed by atoms with Crippen LogP contribution in [0.15, 0.2) is 0 Å². The third kappa shape index (κ3) is 8.15. The first kappa shape index (κ1) is 21.3. The SMILES string of the molecule is CC.CC.CC.CCC[C@@]1(C)CCCN1C. The van der Waals surface area contributed by atoms with Crippen LogP contribution in [0.3, 0.4) is 0 Å². The third-order valence-electron chi connectivity index (χ3n) is 2.92. The minimum atomic E-state index is 0.536. The molecule has 0 bridgehead atoms. The highest BCUT2D eigenvalue weighted by atomic mass is 15.2. The lowest BCUT2D eigenvalue weighted by atomic mass is 9.94. The molecule has 0 amide bonds. The molecule has 0 aromatic heterocycles. The van der Waals surface area contributed by atoms with E-state index in [1.165, 1.54) is 32.2 Å². The van der Waals surface area contributed by atoms with Gasteiger partial charge < -0.3 is 4.90 Å². The number of hydrogen-bond donors (Lipinski definition) is 0. The summed E-state index contributed by atoms with van der Waals surface area (Å²) in [7, 11) is 2.25. The molecular weight excluding hydrogens is 194 g/mol. The first-order valence-corrected chi connectivity index (χ1v) is 7.40. The highest BCUT2D eigenvalue weighted by molar-refractivity contribution is 4.89. The van der Waals surface area contributed by atoms with Crippen molar-refractivity contribution >= 4 is 0 Å². The lowest BCUT2D eigenvalue weighted by molar-refractivity contribution is 0.181. The molecule has 1 saturated heterocycles. The lowest BCUT2D eigenvalue weighted by Crippen LogP contribution is -2.37. The Balaban J connectivity index is -0.000000245. The zero-order valence-electron chi connectivity index (χ0n) is 13.5. The first-order valence-electron chi connectivity index (χ1n) is 7.40. The zero-order chi connectivity index (χ0) is 13.6. The molecular formula is C15H37N. The van der Waals surface area contributed by atoms with E-state index in [1.54, 1.807) is 0 Å². The van der Waals surface area contributed by atoms with Gasteiger partial charge in [-0.2, -0.15) is 0 Å². The zero-order valence-corrected chi connectivity index (χ0v) is 13.5. The molecule has 1 heterocycles. The summed E-state index contributed by atoms with van der Waals surface area (Å²) in [5, 5.41) is 0. The predicted molar refractivity (Wildman–Crippen MR) is 79.2 cm³/mol. The summed E-state index contributed by atoms with van der Waals surface area (Å²) in [4.78, 5) is 2.51. The Kier molecular flexibility index (Phi) is 19.9. The van der Waals surface area contributed by atoms with Crippen LogP contribution in [0.1, 0.15) is 81.1 Å². The van der Waals surface area contributed by atoms with Gasteiger partial charge in [-0.1, -0.05) is 54.9 Å². The van der Waals surface area contributed by atoms with Crippen molar-refractivity contribution in [2.45, 2.75) is 86.6 Å². The summed E-state index contributed by atoms with van der Waals surface area (Å²) >= 11 is 0. The van der Waals surface area contributed by atoms with E-state index in [9.17, 15) is 0 Å². The van der Waals surface area contributed by atoms with Gasteiger partial charge in [0.2, 0.25) is 0 Å². The fraction of sp³-hybridized carbons (Fsp3) is 1.00. The average molecular weight is 231 g/mol. The van der Waals surface area contributed by atoms with Gasteiger partial charge in [-0.25, -0.2) is 0 Å². The normalized spacial score (nSPS) is 23.1. The highest BCUT2D eigenvalue weighted by Gasteiger charge is 2.32. The molecule has 0 aromatic rings. The summed E-state index contributed by atoms with van der Waals surface area (Å²) < 4.78 is 0. The second-order valence-electron chi connectivity index (χ2n) is 3.77. The van der Waals surface area contributed by atoms with E-state index in [4.69, 9.17) is 0 Å². The van der Waals surface area contributed by atoms with Gasteiger partial charge in [0, 0.05) is 5.54 Å². The number of rotatable bonds is 2. The second-order valence-corrected chi connectivity index (χ2v) is 3.77. The van der Waals surface area contributed by atoms with Crippen LogP contribution in [0, 0.1) is 0 Å². The maximum Gasteiger partial charge on any atom is 0.0178 e. The van der Waals surface area contributed by atoms with Crippen LogP contribution in [-0.4, -0.2) is 24.0 Å². The molecule has 0 N–H and O–H groups in total. The molecule has 1 rings (SSSR count). The fourth-order valence-electron chi connectivity index (χ4n) is 2.01. The van der Waals surface area contributed by atoms with Crippen LogP contribution >= 0.6 is 0 Å². The minimum Gasteiger partial charge on any atom is -0.301 e. The highest BCUT2D eigenvalue weighted by Crippen LogP contribution is 2.30. The summed E-state index contributed by atoms with van der Waals surface area (Å²) in [6.07, 6.45) is 5.48. The maximum atomic E-state index is 2.51. The second kappa shape index (κ2) is 15.0. The summed E-state index contributed by atoms with van der Waals surface area (Å²) in [6, 6.07) is 0. The third-order valence-corrected chi connectivity index (χ3v) is 2.92. The van der Waals surface area contributed by atoms with Crippen molar-refractivity contribution in [1.82, 2.24) is 4.90 Å². The minimum absolute atomic E-state index is 0.536. The molecule has 0 aromatic carbocycles. The fourth-order valence-corrected chi connectivity index (χ4v) is 2.01. The van der Waals surface area contributed by atoms with Crippen molar-refractivity contribution in [2.75, 3.05) is 13.6 Å². The molecule has 0 spiro atoms. The van der Waals surface area contributed by atoms with Crippen LogP contribution in [-0.2, 0) is 0 Å². The molecule has 0 aliphatic carbocycles. The Morgan fingerprint density at radius 3 is 1.69 bits per heavy atom. The molecule has 1 heteroatoms. The van der Waals surface area contributed by atoms with Crippen molar-refractivity contribution in [2.24, 2.45) is 0 Å². The monoisotopic (exact) mass is 231 g/mol. The van der Waals surface area contributed by atoms with Gasteiger partial charge >= 0.3 is 0 Å². The molecule has 1 fully saturated rings. The molecule has 1 nitrogen and oxygen atoms in total. The van der Waals surface area contributed by atoms with Gasteiger partial charge in [0.25, 0.3) is 0 Å². The molecule has 16 heavy (non-hydrogen) atoms. The van der Waals surface area contributed by atoms with Crippen LogP contribution < -0.4 is 0 Å². The number of hydrogen-bond acceptors (Lipinski definition) is 1. The van der Waals surface area contributed by atoms with E-state index < -0.39 is 0 Å². The Bertz CT molecular complexity index is 112. The van der Waals surface area contributed by atoms with E-state index in [1.807, 2.05) is 41.5 Å². The molecule has 1 aliphatic rings. The smallest absolute Gasteiger partial charge is 0.0178 e. The van der Waals surface area contributed by atoms with E-state index in [0.29, 0.717) is 5.54 Å². The topological polar surface area (TPSA) is 3.24 Å². The van der Waals surface area contributed by atoms with Gasteiger partial charge in [-0.15, -0.1) is 0 Å². The van der Waals surface area contributed by atoms with Crippen LogP contribution in [0.25, 0.3) is 0 Å². The molecule has 102 valence electrons. The summed E-state index contributed by atoms with van der Waals surface area (Å²) in [5.74, 6) is 0. The standard InChI is InChI=1S/C9H19N.3C2H6/c1-4-6-9(2)7-5-8-10(9)3;3*1-2/h4-8H2,1-3H3;3*1-2H3/t9-;;;/m0.../s1. The number of likely N-dealkylation sites (tertiary alicyclic amines) is 1. The average Bonchev–Trinajstić information content (AvgIpc) is 2.68. The van der Waals surface area contributed by atoms with Crippen molar-refractivity contribution < 1.29 is 0 Å². The molecule has 1 atom stereocenters. The van der Waals surface area contributed by atoms with E-state index in [0.717, 1.165) is 0 Å². The van der Waals surface area contributed by atoms with Crippen molar-refractivity contribution in [3.8, 4) is 0 Å². The quantitative estimate of drug-likeness (QED) is 0.619. The lowest BCUT2D eigenvalue weighted by Gasteiger charge is -2.31. The van der Waals surface area contributed by atoms with Crippen molar-refractivity contribution in [3.05, 3.63) is 0 Å². The van der Waals surface area contributed by atoms with Crippen LogP contribution in [0.4, 0.5) is 0 Å². The van der Waals surface area contributed by atoms with Gasteiger partial charge in [-0.05, 0) is 39.8 Å². The van der Waals surface area contributed by atoms with E-state index in [2.05, 4.69) is 25.8 Å². The Labute approximate surface area is 106 Å². The van der Waals surface area contributed by atoms with Gasteiger partial charge in [-0.3, -0.25) is 0 Å². The summed E-state index contributed by atoms with van der Waals surface area (Å²) in [6.45, 7) is 18.0. The van der Waals surface area contributed by atoms with Gasteiger partial charge in [0.1, 0.15) is 0 Å². The van der Waals surface area contributed by atoms with Crippen LogP contribution in [0.2, 0.25) is 0 Å². The maximum absolute atomic E-state index is 2.51. The number of nitrogens with zero attached hydrogens (tertiary/aromatic N) is 1. The Morgan fingerprint density at radius 1 is 1.00 bits per heavy atom. The van der Waals surface area contributed by atoms with E-state index >= 15 is 0 Å². The van der Waals surface area contributed by atoms with E-state index in [-0.39, 0.29) is 0 Å². The molecule has 0 radical (unpaired) electrons. The molecule has 1 aliphatic heterocycles. The van der Waals surface area contributed by atoms with Crippen molar-refractivity contribution in [1.29, 1.82) is 0 Å². The van der Waals surface area contributed by atoms with Crippen LogP contribution in [0.5, 0.6) is 0 Å². The largest absolute Gasteiger partial charge is 0.301 e. The molecule has 0 saturated carbocycles. The Morgan fingerprint density at radius 2 is 1.44 bits per heavy atom. The van der Waals surface area contributed by atoms with Crippen molar-refractivity contribution in [3.63, 3.8) is 0 Å². The first-order chi connectivity index (χ1) is 7.69.